The number of rotatable bonds is 3. The molecule has 0 atom stereocenters. The van der Waals surface area contributed by atoms with Gasteiger partial charge in [-0.3, -0.25) is 4.79 Å². The van der Waals surface area contributed by atoms with Crippen molar-refractivity contribution in [3.05, 3.63) is 23.8 Å². The molecule has 0 spiro atoms. The van der Waals surface area contributed by atoms with Crippen molar-refractivity contribution in [2.45, 2.75) is 36.5 Å². The van der Waals surface area contributed by atoms with Crippen LogP contribution < -0.4 is 0 Å². The molecule has 3 rings (SSSR count). The molecule has 7 heteroatoms. The van der Waals surface area contributed by atoms with Gasteiger partial charge < -0.3 is 4.90 Å². The molecule has 0 N–H and O–H groups in total. The third-order valence-electron chi connectivity index (χ3n) is 4.56. The number of aryl methyl sites for hydroxylation is 1. The Balaban J connectivity index is 1.74. The fourth-order valence-corrected chi connectivity index (χ4v) is 5.65. The van der Waals surface area contributed by atoms with Gasteiger partial charge in [-0.05, 0) is 42.4 Å². The molecule has 2 aliphatic rings. The van der Waals surface area contributed by atoms with E-state index in [0.717, 1.165) is 24.2 Å². The Morgan fingerprint density at radius 1 is 1.17 bits per heavy atom. The lowest BCUT2D eigenvalue weighted by Crippen LogP contribution is -2.51. The monoisotopic (exact) mass is 368 g/mol. The van der Waals surface area contributed by atoms with Gasteiger partial charge in [0.15, 0.2) is 0 Å². The molecule has 0 radical (unpaired) electrons. The summed E-state index contributed by atoms with van der Waals surface area (Å²) >= 11 is 1.80. The zero-order valence-electron chi connectivity index (χ0n) is 14.2. The van der Waals surface area contributed by atoms with Gasteiger partial charge in [-0.2, -0.15) is 4.31 Å². The molecule has 0 saturated carbocycles. The normalized spacial score (nSPS) is 19.4. The smallest absolute Gasteiger partial charge is 0.243 e. The second kappa shape index (κ2) is 7.06. The summed E-state index contributed by atoms with van der Waals surface area (Å²) in [7, 11) is -3.48. The van der Waals surface area contributed by atoms with Gasteiger partial charge in [-0.25, -0.2) is 8.42 Å². The van der Waals surface area contributed by atoms with Crippen LogP contribution in [-0.4, -0.2) is 55.5 Å². The van der Waals surface area contributed by atoms with Crippen LogP contribution >= 0.6 is 11.8 Å². The van der Waals surface area contributed by atoms with Crippen LogP contribution in [0.5, 0.6) is 0 Å². The van der Waals surface area contributed by atoms with Crippen molar-refractivity contribution in [2.24, 2.45) is 5.92 Å². The standard InChI is InChI=1S/C17H24N2O3S2/c1-13(2)17(20)18-7-9-19(10-8-18)24(21,22)15-5-6-16-14(12-15)4-3-11-23-16/h5-6,12-13H,3-4,7-11H2,1-2H3. The van der Waals surface area contributed by atoms with E-state index in [9.17, 15) is 13.2 Å². The molecule has 5 nitrogen and oxygen atoms in total. The lowest BCUT2D eigenvalue weighted by atomic mass is 10.1. The van der Waals surface area contributed by atoms with E-state index in [2.05, 4.69) is 0 Å². The molecule has 1 fully saturated rings. The van der Waals surface area contributed by atoms with Crippen molar-refractivity contribution in [1.29, 1.82) is 0 Å². The highest BCUT2D eigenvalue weighted by Gasteiger charge is 2.31. The van der Waals surface area contributed by atoms with Crippen molar-refractivity contribution < 1.29 is 13.2 Å². The maximum absolute atomic E-state index is 12.9. The molecule has 1 aromatic rings. The molecule has 1 aromatic carbocycles. The van der Waals surface area contributed by atoms with Crippen molar-refractivity contribution in [2.75, 3.05) is 31.9 Å². The topological polar surface area (TPSA) is 57.7 Å². The Kier molecular flexibility index (Phi) is 5.22. The lowest BCUT2D eigenvalue weighted by molar-refractivity contribution is -0.135. The van der Waals surface area contributed by atoms with Gasteiger partial charge in [0.05, 0.1) is 4.90 Å². The zero-order chi connectivity index (χ0) is 17.3. The fourth-order valence-electron chi connectivity index (χ4n) is 3.16. The van der Waals surface area contributed by atoms with Crippen LogP contribution in [0.1, 0.15) is 25.8 Å². The van der Waals surface area contributed by atoms with E-state index in [0.29, 0.717) is 31.1 Å². The van der Waals surface area contributed by atoms with E-state index >= 15 is 0 Å². The maximum atomic E-state index is 12.9. The SMILES string of the molecule is CC(C)C(=O)N1CCN(S(=O)(=O)c2ccc3c(c2)CCCS3)CC1. The number of carbonyl (C=O) groups is 1. The zero-order valence-corrected chi connectivity index (χ0v) is 15.8. The molecular weight excluding hydrogens is 344 g/mol. The minimum absolute atomic E-state index is 0.0497. The quantitative estimate of drug-likeness (QED) is 0.821. The number of hydrogen-bond acceptors (Lipinski definition) is 4. The number of hydrogen-bond donors (Lipinski definition) is 0. The van der Waals surface area contributed by atoms with Gasteiger partial charge in [0, 0.05) is 37.0 Å². The summed E-state index contributed by atoms with van der Waals surface area (Å²) in [6.45, 7) is 5.42. The number of fused-ring (bicyclic) bond motifs is 1. The van der Waals surface area contributed by atoms with Crippen LogP contribution in [0, 0.1) is 5.92 Å². The number of thioether (sulfide) groups is 1. The van der Waals surface area contributed by atoms with Gasteiger partial charge >= 0.3 is 0 Å². The summed E-state index contributed by atoms with van der Waals surface area (Å²) in [6, 6.07) is 5.49. The first-order chi connectivity index (χ1) is 11.4. The lowest BCUT2D eigenvalue weighted by Gasteiger charge is -2.35. The van der Waals surface area contributed by atoms with E-state index < -0.39 is 10.0 Å². The van der Waals surface area contributed by atoms with E-state index in [1.54, 1.807) is 22.7 Å². The molecule has 132 valence electrons. The van der Waals surface area contributed by atoms with Gasteiger partial charge in [0.25, 0.3) is 0 Å². The summed E-state index contributed by atoms with van der Waals surface area (Å²) in [5.74, 6) is 1.15. The number of piperazine rings is 1. The van der Waals surface area contributed by atoms with Gasteiger partial charge in [-0.1, -0.05) is 13.8 Å². The summed E-state index contributed by atoms with van der Waals surface area (Å²) < 4.78 is 27.3. The largest absolute Gasteiger partial charge is 0.340 e. The predicted octanol–water partition coefficient (Wildman–Crippen LogP) is 2.21. The maximum Gasteiger partial charge on any atom is 0.243 e. The highest BCUT2D eigenvalue weighted by Crippen LogP contribution is 2.32. The Morgan fingerprint density at radius 2 is 1.88 bits per heavy atom. The summed E-state index contributed by atoms with van der Waals surface area (Å²) in [5, 5.41) is 0. The fraction of sp³-hybridized carbons (Fsp3) is 0.588. The number of sulfonamides is 1. The van der Waals surface area contributed by atoms with Gasteiger partial charge in [-0.15, -0.1) is 11.8 Å². The minimum Gasteiger partial charge on any atom is -0.340 e. The van der Waals surface area contributed by atoms with Gasteiger partial charge in [0.1, 0.15) is 0 Å². The van der Waals surface area contributed by atoms with E-state index in [4.69, 9.17) is 0 Å². The Bertz CT molecular complexity index is 723. The molecule has 0 aromatic heterocycles. The molecule has 1 amide bonds. The third kappa shape index (κ3) is 3.48. The molecule has 0 unspecified atom stereocenters. The Hall–Kier alpha value is -1.05. The summed E-state index contributed by atoms with van der Waals surface area (Å²) in [5.41, 5.74) is 1.14. The van der Waals surface area contributed by atoms with E-state index in [1.165, 1.54) is 9.20 Å². The molecule has 1 saturated heterocycles. The van der Waals surface area contributed by atoms with Crippen LogP contribution in [0.2, 0.25) is 0 Å². The number of amides is 1. The molecular formula is C17H24N2O3S2. The molecule has 2 aliphatic heterocycles. The van der Waals surface area contributed by atoms with E-state index in [-0.39, 0.29) is 11.8 Å². The predicted molar refractivity (Wildman–Crippen MR) is 95.7 cm³/mol. The Labute approximate surface area is 148 Å². The van der Waals surface area contributed by atoms with Gasteiger partial charge in [0.2, 0.25) is 15.9 Å². The number of carbonyl (C=O) groups excluding carboxylic acids is 1. The van der Waals surface area contributed by atoms with Crippen LogP contribution in [0.25, 0.3) is 0 Å². The number of nitrogens with zero attached hydrogens (tertiary/aromatic N) is 2. The van der Waals surface area contributed by atoms with E-state index in [1.807, 2.05) is 26.0 Å². The van der Waals surface area contributed by atoms with Crippen LogP contribution in [0.15, 0.2) is 28.0 Å². The first-order valence-electron chi connectivity index (χ1n) is 8.44. The molecule has 2 heterocycles. The van der Waals surface area contributed by atoms with Crippen molar-refractivity contribution in [3.8, 4) is 0 Å². The third-order valence-corrected chi connectivity index (χ3v) is 7.66. The molecule has 0 bridgehead atoms. The average Bonchev–Trinajstić information content (AvgIpc) is 2.60. The van der Waals surface area contributed by atoms with Crippen LogP contribution in [0.3, 0.4) is 0 Å². The number of benzene rings is 1. The molecule has 0 aliphatic carbocycles. The van der Waals surface area contributed by atoms with Crippen molar-refractivity contribution >= 4 is 27.7 Å². The first-order valence-corrected chi connectivity index (χ1v) is 10.9. The highest BCUT2D eigenvalue weighted by molar-refractivity contribution is 7.99. The van der Waals surface area contributed by atoms with Crippen LogP contribution in [-0.2, 0) is 21.2 Å². The second-order valence-electron chi connectivity index (χ2n) is 6.61. The highest BCUT2D eigenvalue weighted by atomic mass is 32.2. The van der Waals surface area contributed by atoms with Crippen LogP contribution in [0.4, 0.5) is 0 Å². The van der Waals surface area contributed by atoms with Crippen molar-refractivity contribution in [1.82, 2.24) is 9.21 Å². The molecule has 24 heavy (non-hydrogen) atoms. The average molecular weight is 369 g/mol. The van der Waals surface area contributed by atoms with Crippen molar-refractivity contribution in [3.63, 3.8) is 0 Å². The Morgan fingerprint density at radius 3 is 2.54 bits per heavy atom. The minimum atomic E-state index is -3.48. The first kappa shape index (κ1) is 17.8. The summed E-state index contributed by atoms with van der Waals surface area (Å²) in [6.07, 6.45) is 2.04. The second-order valence-corrected chi connectivity index (χ2v) is 9.68. The summed E-state index contributed by atoms with van der Waals surface area (Å²) in [4.78, 5) is 15.4.